The summed E-state index contributed by atoms with van der Waals surface area (Å²) in [5.41, 5.74) is 5.26. The van der Waals surface area contributed by atoms with Crippen LogP contribution in [0.4, 0.5) is 4.39 Å². The highest BCUT2D eigenvalue weighted by atomic mass is 19.1. The number of hydrogen-bond donors (Lipinski definition) is 2. The number of rotatable bonds is 9. The van der Waals surface area contributed by atoms with Crippen molar-refractivity contribution in [3.05, 3.63) is 110 Å². The van der Waals surface area contributed by atoms with Crippen molar-refractivity contribution in [2.24, 2.45) is 11.8 Å². The summed E-state index contributed by atoms with van der Waals surface area (Å²) < 4.78 is 22.9. The zero-order chi connectivity index (χ0) is 34.8. The molecule has 1 unspecified atom stereocenters. The third-order valence-electron chi connectivity index (χ3n) is 10.7. The number of pyridine rings is 1. The Morgan fingerprint density at radius 3 is 2.60 bits per heavy atom. The van der Waals surface area contributed by atoms with Crippen LogP contribution in [0.5, 0.6) is 5.75 Å². The van der Waals surface area contributed by atoms with Crippen molar-refractivity contribution < 1.29 is 14.2 Å². The molecule has 1 saturated heterocycles. The molecule has 0 radical (unpaired) electrons. The van der Waals surface area contributed by atoms with Crippen LogP contribution < -0.4 is 16.6 Å². The molecule has 2 aromatic heterocycles. The predicted molar refractivity (Wildman–Crippen MR) is 194 cm³/mol. The van der Waals surface area contributed by atoms with E-state index in [4.69, 9.17) is 4.74 Å². The largest absolute Gasteiger partial charge is 0.508 e. The minimum atomic E-state index is -0.625. The molecule has 262 valence electrons. The maximum Gasteiger partial charge on any atom is 0.337 e. The smallest absolute Gasteiger partial charge is 0.337 e. The van der Waals surface area contributed by atoms with E-state index in [2.05, 4.69) is 41.2 Å². The lowest BCUT2D eigenvalue weighted by atomic mass is 9.85. The average Bonchev–Trinajstić information content (AvgIpc) is 3.11. The average molecular weight is 680 g/mol. The molecular formula is C40H46FN5O4. The van der Waals surface area contributed by atoms with Gasteiger partial charge in [0.15, 0.2) is 5.65 Å². The van der Waals surface area contributed by atoms with E-state index < -0.39 is 17.1 Å². The Kier molecular flexibility index (Phi) is 10.1. The number of aromatic hydroxyl groups is 1. The van der Waals surface area contributed by atoms with Crippen molar-refractivity contribution in [3.63, 3.8) is 0 Å². The number of aromatic nitrogens is 3. The van der Waals surface area contributed by atoms with Crippen molar-refractivity contribution >= 4 is 11.0 Å². The molecule has 0 spiro atoms. The Bertz CT molecular complexity index is 2050. The molecule has 3 aliphatic rings. The van der Waals surface area contributed by atoms with Gasteiger partial charge >= 0.3 is 5.69 Å². The highest BCUT2D eigenvalue weighted by molar-refractivity contribution is 5.77. The van der Waals surface area contributed by atoms with E-state index in [-0.39, 0.29) is 22.8 Å². The molecule has 1 saturated carbocycles. The monoisotopic (exact) mass is 679 g/mol. The summed E-state index contributed by atoms with van der Waals surface area (Å²) in [4.78, 5) is 34.9. The zero-order valence-electron chi connectivity index (χ0n) is 28.9. The summed E-state index contributed by atoms with van der Waals surface area (Å²) in [5.74, 6) is 0.556. The number of nitrogens with one attached hydrogen (secondary N) is 1. The Hall–Kier alpha value is -4.38. The summed E-state index contributed by atoms with van der Waals surface area (Å²) in [5, 5.41) is 14.1. The van der Waals surface area contributed by atoms with Gasteiger partial charge in [-0.05, 0) is 104 Å². The molecule has 0 bridgehead atoms. The molecule has 9 nitrogen and oxygen atoms in total. The van der Waals surface area contributed by atoms with Gasteiger partial charge in [-0.25, -0.2) is 18.7 Å². The van der Waals surface area contributed by atoms with Gasteiger partial charge < -0.3 is 15.2 Å². The lowest BCUT2D eigenvalue weighted by molar-refractivity contribution is 0.0342. The van der Waals surface area contributed by atoms with Crippen molar-refractivity contribution in [2.45, 2.75) is 58.5 Å². The number of ether oxygens (including phenoxy) is 1. The van der Waals surface area contributed by atoms with Crippen LogP contribution in [-0.4, -0.2) is 63.5 Å². The first kappa shape index (κ1) is 34.1. The molecule has 2 aliphatic carbocycles. The lowest BCUT2D eigenvalue weighted by Gasteiger charge is -2.30. The molecule has 10 heteroatoms. The van der Waals surface area contributed by atoms with Gasteiger partial charge in [-0.2, -0.15) is 0 Å². The number of benzene rings is 2. The van der Waals surface area contributed by atoms with Crippen molar-refractivity contribution in [1.82, 2.24) is 24.3 Å². The third kappa shape index (κ3) is 7.24. The number of hydrogen-bond acceptors (Lipinski definition) is 7. The van der Waals surface area contributed by atoms with Crippen LogP contribution in [-0.2, 0) is 11.3 Å². The first-order valence-corrected chi connectivity index (χ1v) is 17.9. The van der Waals surface area contributed by atoms with Crippen LogP contribution in [0.15, 0.2) is 87.6 Å². The molecule has 1 aliphatic heterocycles. The van der Waals surface area contributed by atoms with E-state index in [0.717, 1.165) is 68.3 Å². The SMILES string of the molecule is CC1=CC=C(CNCC2CCC(n3c(=O)c4cc(F)cnc4n(-c4cccc(-c5ccc(O)cc5CN5CCOCC5)c4)c3=O)CC2)C(C)C1. The van der Waals surface area contributed by atoms with Crippen LogP contribution in [0.1, 0.15) is 57.6 Å². The van der Waals surface area contributed by atoms with Crippen LogP contribution in [0, 0.1) is 17.7 Å². The Labute approximate surface area is 291 Å². The normalized spacial score (nSPS) is 21.6. The predicted octanol–water partition coefficient (Wildman–Crippen LogP) is 6.12. The van der Waals surface area contributed by atoms with E-state index in [1.807, 2.05) is 30.3 Å². The van der Waals surface area contributed by atoms with Crippen molar-refractivity contribution in [1.29, 1.82) is 0 Å². The van der Waals surface area contributed by atoms with Crippen LogP contribution in [0.2, 0.25) is 0 Å². The van der Waals surface area contributed by atoms with Gasteiger partial charge in [0.1, 0.15) is 11.6 Å². The second-order valence-corrected chi connectivity index (χ2v) is 14.3. The molecule has 50 heavy (non-hydrogen) atoms. The van der Waals surface area contributed by atoms with E-state index >= 15 is 0 Å². The fraction of sp³-hybridized carbons (Fsp3) is 0.425. The second-order valence-electron chi connectivity index (χ2n) is 14.3. The first-order valence-electron chi connectivity index (χ1n) is 17.9. The summed E-state index contributed by atoms with van der Waals surface area (Å²) in [6.07, 6.45) is 9.76. The molecule has 1 atom stereocenters. The maximum absolute atomic E-state index is 14.6. The standard InChI is InChI=1S/C40H46FN5O4/c1-26-6-9-30(27(2)18-26)23-42-22-28-7-10-33(11-8-28)46-39(48)37-21-32(41)24-43-38(37)45(40(46)49)34-5-3-4-29(19-34)36-13-12-35(47)20-31(36)25-44-14-16-50-17-15-44/h3-6,9,12-13,19-21,24,27-28,33,42,47H,7-8,10-11,14-18,22-23,25H2,1-2H3. The van der Waals surface area contributed by atoms with E-state index in [0.29, 0.717) is 50.1 Å². The molecule has 4 aromatic rings. The van der Waals surface area contributed by atoms with E-state index in [1.54, 1.807) is 12.1 Å². The fourth-order valence-electron chi connectivity index (χ4n) is 7.90. The van der Waals surface area contributed by atoms with Crippen LogP contribution in [0.25, 0.3) is 27.8 Å². The Morgan fingerprint density at radius 2 is 1.82 bits per heavy atom. The molecule has 0 amide bonds. The maximum atomic E-state index is 14.6. The molecule has 2 aromatic carbocycles. The minimum Gasteiger partial charge on any atom is -0.508 e. The number of phenols is 1. The Balaban J connectivity index is 1.17. The van der Waals surface area contributed by atoms with E-state index in [1.165, 1.54) is 26.3 Å². The van der Waals surface area contributed by atoms with Crippen LogP contribution >= 0.6 is 0 Å². The summed E-state index contributed by atoms with van der Waals surface area (Å²) >= 11 is 0. The van der Waals surface area contributed by atoms with Gasteiger partial charge in [0, 0.05) is 32.2 Å². The minimum absolute atomic E-state index is 0.0793. The third-order valence-corrected chi connectivity index (χ3v) is 10.7. The fourth-order valence-corrected chi connectivity index (χ4v) is 7.90. The number of nitrogens with zero attached hydrogens (tertiary/aromatic N) is 4. The molecular weight excluding hydrogens is 633 g/mol. The molecule has 2 N–H and O–H groups in total. The number of allylic oxidation sites excluding steroid dienone is 3. The second kappa shape index (κ2) is 14.8. The number of morpholine rings is 1. The Morgan fingerprint density at radius 1 is 1.02 bits per heavy atom. The van der Waals surface area contributed by atoms with Crippen LogP contribution in [0.3, 0.4) is 0 Å². The summed E-state index contributed by atoms with van der Waals surface area (Å²) in [6, 6.07) is 13.8. The van der Waals surface area contributed by atoms with Crippen molar-refractivity contribution in [3.8, 4) is 22.6 Å². The molecule has 7 rings (SSSR count). The number of halogens is 1. The van der Waals surface area contributed by atoms with E-state index in [9.17, 15) is 19.1 Å². The highest BCUT2D eigenvalue weighted by Crippen LogP contribution is 2.33. The molecule has 2 fully saturated rings. The summed E-state index contributed by atoms with van der Waals surface area (Å²) in [7, 11) is 0. The topological polar surface area (TPSA) is 102 Å². The van der Waals surface area contributed by atoms with Crippen molar-refractivity contribution in [2.75, 3.05) is 39.4 Å². The molecule has 3 heterocycles. The van der Waals surface area contributed by atoms with Gasteiger partial charge in [0.25, 0.3) is 5.56 Å². The van der Waals surface area contributed by atoms with Gasteiger partial charge in [-0.3, -0.25) is 14.3 Å². The van der Waals surface area contributed by atoms with Gasteiger partial charge in [0.05, 0.1) is 30.5 Å². The highest BCUT2D eigenvalue weighted by Gasteiger charge is 2.28. The number of fused-ring (bicyclic) bond motifs is 1. The quantitative estimate of drug-likeness (QED) is 0.220. The zero-order valence-corrected chi connectivity index (χ0v) is 28.9. The van der Waals surface area contributed by atoms with Gasteiger partial charge in [-0.1, -0.05) is 48.4 Å². The van der Waals surface area contributed by atoms with Gasteiger partial charge in [0.2, 0.25) is 0 Å². The first-order chi connectivity index (χ1) is 24.2. The lowest BCUT2D eigenvalue weighted by Crippen LogP contribution is -2.43. The number of phenolic OH excluding ortho intramolecular Hbond substituents is 1. The summed E-state index contributed by atoms with van der Waals surface area (Å²) in [6.45, 7) is 9.78. The van der Waals surface area contributed by atoms with Gasteiger partial charge in [-0.15, -0.1) is 0 Å².